The van der Waals surface area contributed by atoms with E-state index in [1.165, 1.54) is 14.0 Å². The number of likely N-dealkylation sites (tertiary alicyclic amines) is 1. The average Bonchev–Trinajstić information content (AvgIpc) is 2.47. The van der Waals surface area contributed by atoms with Crippen molar-refractivity contribution in [2.45, 2.75) is 43.7 Å². The van der Waals surface area contributed by atoms with Crippen LogP contribution in [0.2, 0.25) is 0 Å². The van der Waals surface area contributed by atoms with E-state index in [1.54, 1.807) is 6.92 Å². The molecule has 1 N–H and O–H groups in total. The van der Waals surface area contributed by atoms with Crippen LogP contribution >= 0.6 is 12.6 Å². The molecule has 0 radical (unpaired) electrons. The number of piperidine rings is 1. The molecule has 11 heteroatoms. The molecule has 1 fully saturated rings. The zero-order valence-electron chi connectivity index (χ0n) is 14.2. The standard InChI is InChI=1S/C14H21F3N2O5S/c1-4-23-11(21)10(18-9(2)20)13(25)5-7-19(3,8-6-13)24-12(22)14(15,16)17/h10H,4-8H2,1-3H3,(H-,18,20,25)/p+1. The maximum absolute atomic E-state index is 12.4. The van der Waals surface area contributed by atoms with Gasteiger partial charge in [-0.15, -0.1) is 4.65 Å². The second-order valence-corrected chi connectivity index (χ2v) is 7.00. The van der Waals surface area contributed by atoms with Gasteiger partial charge < -0.3 is 10.1 Å². The predicted octanol–water partition coefficient (Wildman–Crippen LogP) is 0.984. The molecule has 1 unspecified atom stereocenters. The molecule has 1 saturated heterocycles. The van der Waals surface area contributed by atoms with Gasteiger partial charge in [0.2, 0.25) is 5.91 Å². The number of nitrogens with one attached hydrogen (secondary N) is 1. The summed E-state index contributed by atoms with van der Waals surface area (Å²) in [5.41, 5.74) is 0. The molecule has 1 heterocycles. The van der Waals surface area contributed by atoms with Gasteiger partial charge in [0.1, 0.15) is 26.2 Å². The van der Waals surface area contributed by atoms with Crippen molar-refractivity contribution in [2.75, 3.05) is 26.7 Å². The number of hydrogen-bond acceptors (Lipinski definition) is 6. The van der Waals surface area contributed by atoms with E-state index >= 15 is 0 Å². The molecule has 7 nitrogen and oxygen atoms in total. The van der Waals surface area contributed by atoms with Crippen LogP contribution in [-0.4, -0.2) is 66.2 Å². The molecule has 144 valence electrons. The molecule has 0 aromatic rings. The number of ether oxygens (including phenoxy) is 1. The molecule has 1 aliphatic rings. The van der Waals surface area contributed by atoms with Gasteiger partial charge in [0.05, 0.1) is 11.4 Å². The highest BCUT2D eigenvalue weighted by Gasteiger charge is 2.52. The number of hydroxylamine groups is 3. The number of quaternary nitrogens is 1. The fraction of sp³-hybridized carbons (Fsp3) is 0.786. The molecule has 0 aromatic heterocycles. The molecular formula is C14H22F3N2O5S+. The third kappa shape index (κ3) is 5.77. The third-order valence-corrected chi connectivity index (χ3v) is 4.68. The summed E-state index contributed by atoms with van der Waals surface area (Å²) in [5.74, 6) is -3.40. The van der Waals surface area contributed by atoms with Gasteiger partial charge in [-0.1, -0.05) is 0 Å². The van der Waals surface area contributed by atoms with Crippen LogP contribution in [0, 0.1) is 0 Å². The van der Waals surface area contributed by atoms with Crippen LogP contribution in [0.25, 0.3) is 0 Å². The molecule has 0 saturated carbocycles. The summed E-state index contributed by atoms with van der Waals surface area (Å²) < 4.78 is 40.5. The highest BCUT2D eigenvalue weighted by atomic mass is 32.1. The first-order chi connectivity index (χ1) is 11.3. The second-order valence-electron chi connectivity index (χ2n) is 6.11. The quantitative estimate of drug-likeness (QED) is 0.418. The van der Waals surface area contributed by atoms with E-state index in [-0.39, 0.29) is 32.5 Å². The highest BCUT2D eigenvalue weighted by molar-refractivity contribution is 7.82. The Morgan fingerprint density at radius 1 is 1.28 bits per heavy atom. The minimum Gasteiger partial charge on any atom is -0.464 e. The summed E-state index contributed by atoms with van der Waals surface area (Å²) in [4.78, 5) is 39.1. The van der Waals surface area contributed by atoms with Gasteiger partial charge in [-0.25, -0.2) is 9.59 Å². The smallest absolute Gasteiger partial charge is 0.464 e. The minimum atomic E-state index is -5.08. The van der Waals surface area contributed by atoms with Crippen molar-refractivity contribution in [3.63, 3.8) is 0 Å². The maximum Gasteiger partial charge on any atom is 0.497 e. The van der Waals surface area contributed by atoms with E-state index < -0.39 is 39.5 Å². The number of rotatable bonds is 5. The van der Waals surface area contributed by atoms with Gasteiger partial charge in [0.15, 0.2) is 0 Å². The van der Waals surface area contributed by atoms with E-state index in [1.807, 2.05) is 0 Å². The van der Waals surface area contributed by atoms with Crippen molar-refractivity contribution in [2.24, 2.45) is 0 Å². The van der Waals surface area contributed by atoms with Crippen molar-refractivity contribution in [3.05, 3.63) is 0 Å². The van der Waals surface area contributed by atoms with Gasteiger partial charge in [-0.05, 0) is 6.92 Å². The van der Waals surface area contributed by atoms with Crippen LogP contribution in [0.1, 0.15) is 26.7 Å². The highest BCUT2D eigenvalue weighted by Crippen LogP contribution is 2.36. The van der Waals surface area contributed by atoms with Crippen LogP contribution in [-0.2, 0) is 24.0 Å². The number of alkyl halides is 3. The first-order valence-corrected chi connectivity index (χ1v) is 8.09. The normalized spacial score (nSPS) is 28.0. The maximum atomic E-state index is 12.4. The number of carbonyl (C=O) groups excluding carboxylic acids is 3. The first-order valence-electron chi connectivity index (χ1n) is 7.64. The fourth-order valence-electron chi connectivity index (χ4n) is 2.57. The number of amides is 1. The minimum absolute atomic E-state index is 0.000803. The zero-order chi connectivity index (χ0) is 19.5. The topological polar surface area (TPSA) is 81.7 Å². The van der Waals surface area contributed by atoms with E-state index in [4.69, 9.17) is 4.74 Å². The van der Waals surface area contributed by atoms with E-state index in [2.05, 4.69) is 22.8 Å². The number of esters is 1. The van der Waals surface area contributed by atoms with Crippen LogP contribution in [0.3, 0.4) is 0 Å². The van der Waals surface area contributed by atoms with Crippen molar-refractivity contribution in [3.8, 4) is 0 Å². The van der Waals surface area contributed by atoms with Crippen molar-refractivity contribution in [1.82, 2.24) is 5.32 Å². The largest absolute Gasteiger partial charge is 0.497 e. The molecule has 0 bridgehead atoms. The summed E-state index contributed by atoms with van der Waals surface area (Å²) in [6.45, 7) is 2.95. The molecule has 0 spiro atoms. The molecule has 25 heavy (non-hydrogen) atoms. The van der Waals surface area contributed by atoms with E-state index in [9.17, 15) is 27.6 Å². The molecular weight excluding hydrogens is 365 g/mol. The van der Waals surface area contributed by atoms with Crippen molar-refractivity contribution < 1.29 is 41.8 Å². The summed E-state index contributed by atoms with van der Waals surface area (Å²) in [5, 5.41) is 2.48. The molecule has 1 rings (SSSR count). The first kappa shape index (κ1) is 21.6. The molecule has 1 aliphatic heterocycles. The fourth-order valence-corrected chi connectivity index (χ4v) is 2.94. The monoisotopic (exact) mass is 387 g/mol. The molecule has 1 atom stereocenters. The number of halogens is 3. The second kappa shape index (κ2) is 7.81. The Morgan fingerprint density at radius 2 is 1.80 bits per heavy atom. The lowest BCUT2D eigenvalue weighted by molar-refractivity contribution is -1.08. The Labute approximate surface area is 148 Å². The summed E-state index contributed by atoms with van der Waals surface area (Å²) in [6.07, 6.45) is -4.83. The van der Waals surface area contributed by atoms with Gasteiger partial charge in [0.25, 0.3) is 0 Å². The van der Waals surface area contributed by atoms with E-state index in [0.717, 1.165) is 0 Å². The van der Waals surface area contributed by atoms with Crippen LogP contribution < -0.4 is 5.32 Å². The Hall–Kier alpha value is -1.49. The Balaban J connectivity index is 2.86. The molecule has 0 aliphatic carbocycles. The van der Waals surface area contributed by atoms with Gasteiger partial charge in [-0.3, -0.25) is 9.63 Å². The summed E-state index contributed by atoms with van der Waals surface area (Å²) >= 11 is 4.49. The Kier molecular flexibility index (Phi) is 6.74. The SMILES string of the molecule is CCOC(=O)C(NC(C)=O)C1(S)CC[N+](C)(OC(=O)C(F)(F)F)CC1. The number of nitrogens with zero attached hydrogens (tertiary/aromatic N) is 1. The van der Waals surface area contributed by atoms with E-state index in [0.29, 0.717) is 0 Å². The predicted molar refractivity (Wildman–Crippen MR) is 83.3 cm³/mol. The van der Waals surface area contributed by atoms with Crippen molar-refractivity contribution in [1.29, 1.82) is 0 Å². The Morgan fingerprint density at radius 3 is 2.20 bits per heavy atom. The van der Waals surface area contributed by atoms with Gasteiger partial charge in [-0.2, -0.15) is 25.8 Å². The van der Waals surface area contributed by atoms with Crippen LogP contribution in [0.5, 0.6) is 0 Å². The Bertz CT molecular complexity index is 533. The van der Waals surface area contributed by atoms with Gasteiger partial charge in [0, 0.05) is 19.8 Å². The lowest BCUT2D eigenvalue weighted by Gasteiger charge is -2.44. The zero-order valence-corrected chi connectivity index (χ0v) is 15.1. The summed E-state index contributed by atoms with van der Waals surface area (Å²) in [6, 6.07) is -1.06. The lowest BCUT2D eigenvalue weighted by atomic mass is 9.87. The number of carbonyl (C=O) groups is 3. The summed E-state index contributed by atoms with van der Waals surface area (Å²) in [7, 11) is 1.34. The number of hydrogen-bond donors (Lipinski definition) is 2. The van der Waals surface area contributed by atoms with Crippen LogP contribution in [0.15, 0.2) is 0 Å². The number of thiol groups is 1. The van der Waals surface area contributed by atoms with Crippen LogP contribution in [0.4, 0.5) is 13.2 Å². The molecule has 1 amide bonds. The van der Waals surface area contributed by atoms with Gasteiger partial charge >= 0.3 is 18.1 Å². The van der Waals surface area contributed by atoms with Crippen molar-refractivity contribution >= 4 is 30.5 Å². The lowest BCUT2D eigenvalue weighted by Crippen LogP contribution is -2.62. The third-order valence-electron chi connectivity index (χ3n) is 3.98. The molecule has 0 aromatic carbocycles. The average molecular weight is 387 g/mol.